The summed E-state index contributed by atoms with van der Waals surface area (Å²) >= 11 is 0. The Balaban J connectivity index is 1.50. The number of amides is 1. The molecular weight excluding hydrogens is 371 g/mol. The van der Waals surface area contributed by atoms with Gasteiger partial charge < -0.3 is 9.80 Å². The third-order valence-corrected chi connectivity index (χ3v) is 6.80. The average Bonchev–Trinajstić information content (AvgIpc) is 2.96. The van der Waals surface area contributed by atoms with E-state index in [4.69, 9.17) is 0 Å². The lowest BCUT2D eigenvalue weighted by Crippen LogP contribution is -2.49. The number of anilines is 1. The molecule has 2 aliphatic rings. The molecule has 0 atom stereocenters. The summed E-state index contributed by atoms with van der Waals surface area (Å²) in [6.07, 6.45) is 0.396. The van der Waals surface area contributed by atoms with Gasteiger partial charge in [0, 0.05) is 56.6 Å². The van der Waals surface area contributed by atoms with Gasteiger partial charge in [-0.3, -0.25) is 9.48 Å². The van der Waals surface area contributed by atoms with E-state index in [0.29, 0.717) is 38.2 Å². The van der Waals surface area contributed by atoms with Crippen molar-refractivity contribution in [2.45, 2.75) is 12.2 Å². The third-order valence-electron chi connectivity index (χ3n) is 5.25. The van der Waals surface area contributed by atoms with E-state index in [1.807, 2.05) is 0 Å². The number of carbonyl (C=O) groups is 1. The fraction of sp³-hybridized carbons (Fsp3) is 0.444. The van der Waals surface area contributed by atoms with Gasteiger partial charge in [0.2, 0.25) is 0 Å². The fourth-order valence-corrected chi connectivity index (χ4v) is 5.14. The van der Waals surface area contributed by atoms with Gasteiger partial charge in [-0.15, -0.1) is 0 Å². The van der Waals surface area contributed by atoms with Crippen LogP contribution in [0.25, 0.3) is 0 Å². The normalized spacial score (nSPS) is 19.0. The zero-order chi connectivity index (χ0) is 19.2. The number of sulfone groups is 1. The predicted molar refractivity (Wildman–Crippen MR) is 98.9 cm³/mol. The van der Waals surface area contributed by atoms with Crippen molar-refractivity contribution < 1.29 is 17.6 Å². The van der Waals surface area contributed by atoms with Crippen LogP contribution in [0.3, 0.4) is 0 Å². The summed E-state index contributed by atoms with van der Waals surface area (Å²) in [5, 5.41) is 4.33. The largest absolute Gasteiger partial charge is 0.368 e. The first-order valence-corrected chi connectivity index (χ1v) is 10.7. The van der Waals surface area contributed by atoms with E-state index in [2.05, 4.69) is 10.00 Å². The standard InChI is InChI=1S/C18H21FN4O3S/c1-21-16-6-11-27(25,26)12-15(16)17(20-21)18(24)23-9-7-22(8-10-23)14-4-2-13(19)3-5-14/h2-5H,6-12H2,1H3. The molecule has 0 aliphatic carbocycles. The van der Waals surface area contributed by atoms with Gasteiger partial charge in [-0.2, -0.15) is 5.10 Å². The maximum Gasteiger partial charge on any atom is 0.274 e. The molecule has 1 aromatic heterocycles. The van der Waals surface area contributed by atoms with Crippen molar-refractivity contribution in [3.05, 3.63) is 47.0 Å². The highest BCUT2D eigenvalue weighted by Gasteiger charge is 2.33. The topological polar surface area (TPSA) is 75.5 Å². The highest BCUT2D eigenvalue weighted by Crippen LogP contribution is 2.25. The Morgan fingerprint density at radius 1 is 1.11 bits per heavy atom. The van der Waals surface area contributed by atoms with Gasteiger partial charge in [0.05, 0.1) is 11.5 Å². The van der Waals surface area contributed by atoms with Gasteiger partial charge in [-0.1, -0.05) is 0 Å². The molecule has 7 nitrogen and oxygen atoms in total. The van der Waals surface area contributed by atoms with Gasteiger partial charge in [0.25, 0.3) is 5.91 Å². The number of hydrogen-bond donors (Lipinski definition) is 0. The Bertz CT molecular complexity index is 977. The molecule has 0 spiro atoms. The second kappa shape index (κ2) is 6.63. The predicted octanol–water partition coefficient (Wildman–Crippen LogP) is 0.992. The van der Waals surface area contributed by atoms with Crippen LogP contribution in [0.1, 0.15) is 21.7 Å². The number of piperazine rings is 1. The molecule has 2 aliphatic heterocycles. The van der Waals surface area contributed by atoms with Crippen LogP contribution >= 0.6 is 0 Å². The van der Waals surface area contributed by atoms with Crippen molar-refractivity contribution in [3.63, 3.8) is 0 Å². The lowest BCUT2D eigenvalue weighted by atomic mass is 10.1. The Morgan fingerprint density at radius 2 is 1.78 bits per heavy atom. The molecular formula is C18H21FN4O3S. The molecule has 0 bridgehead atoms. The van der Waals surface area contributed by atoms with Crippen molar-refractivity contribution in [3.8, 4) is 0 Å². The first-order valence-electron chi connectivity index (χ1n) is 8.89. The smallest absolute Gasteiger partial charge is 0.274 e. The number of aromatic nitrogens is 2. The van der Waals surface area contributed by atoms with E-state index in [1.165, 1.54) is 12.1 Å². The maximum atomic E-state index is 13.1. The molecule has 3 heterocycles. The number of benzene rings is 1. The molecule has 2 aromatic rings. The van der Waals surface area contributed by atoms with E-state index < -0.39 is 9.84 Å². The van der Waals surface area contributed by atoms with E-state index >= 15 is 0 Å². The monoisotopic (exact) mass is 392 g/mol. The number of carbonyl (C=O) groups excluding carboxylic acids is 1. The van der Waals surface area contributed by atoms with Crippen molar-refractivity contribution in [2.24, 2.45) is 7.05 Å². The van der Waals surface area contributed by atoms with Crippen molar-refractivity contribution in [1.82, 2.24) is 14.7 Å². The number of aryl methyl sites for hydroxylation is 1. The van der Waals surface area contributed by atoms with Crippen molar-refractivity contribution >= 4 is 21.4 Å². The van der Waals surface area contributed by atoms with Crippen LogP contribution in [0.5, 0.6) is 0 Å². The zero-order valence-corrected chi connectivity index (χ0v) is 15.9. The minimum Gasteiger partial charge on any atom is -0.368 e. The highest BCUT2D eigenvalue weighted by molar-refractivity contribution is 7.90. The Hall–Kier alpha value is -2.42. The minimum absolute atomic E-state index is 0.101. The van der Waals surface area contributed by atoms with E-state index in [0.717, 1.165) is 11.4 Å². The molecule has 0 radical (unpaired) electrons. The summed E-state index contributed by atoms with van der Waals surface area (Å²) in [5.74, 6) is -0.513. The number of nitrogens with zero attached hydrogens (tertiary/aromatic N) is 4. The van der Waals surface area contributed by atoms with Crippen LogP contribution in [0.15, 0.2) is 24.3 Å². The molecule has 4 rings (SSSR count). The first-order chi connectivity index (χ1) is 12.8. The van der Waals surface area contributed by atoms with Crippen LogP contribution in [0, 0.1) is 5.82 Å². The zero-order valence-electron chi connectivity index (χ0n) is 15.1. The first kappa shape index (κ1) is 18.0. The van der Waals surface area contributed by atoms with Gasteiger partial charge in [0.1, 0.15) is 5.82 Å². The SMILES string of the molecule is Cn1nc(C(=O)N2CCN(c3ccc(F)cc3)CC2)c2c1CCS(=O)(=O)C2. The van der Waals surface area contributed by atoms with E-state index in [9.17, 15) is 17.6 Å². The summed E-state index contributed by atoms with van der Waals surface area (Å²) in [6.45, 7) is 2.28. The molecule has 1 fully saturated rings. The van der Waals surface area contributed by atoms with Crippen molar-refractivity contribution in [2.75, 3.05) is 36.8 Å². The summed E-state index contributed by atoms with van der Waals surface area (Å²) in [7, 11) is -1.43. The third kappa shape index (κ3) is 3.43. The summed E-state index contributed by atoms with van der Waals surface area (Å²) in [5.41, 5.74) is 2.56. The number of halogens is 1. The molecule has 1 saturated heterocycles. The minimum atomic E-state index is -3.18. The Labute approximate surface area is 157 Å². The molecule has 144 valence electrons. The second-order valence-corrected chi connectivity index (χ2v) is 9.18. The summed E-state index contributed by atoms with van der Waals surface area (Å²) in [4.78, 5) is 16.8. The second-order valence-electron chi connectivity index (χ2n) is 7.00. The maximum absolute atomic E-state index is 13.1. The Kier molecular flexibility index (Phi) is 4.41. The molecule has 9 heteroatoms. The van der Waals surface area contributed by atoms with Gasteiger partial charge in [-0.25, -0.2) is 12.8 Å². The van der Waals surface area contributed by atoms with Gasteiger partial charge >= 0.3 is 0 Å². The van der Waals surface area contributed by atoms with Crippen molar-refractivity contribution in [1.29, 1.82) is 0 Å². The molecule has 1 amide bonds. The van der Waals surface area contributed by atoms with Crippen LogP contribution < -0.4 is 4.90 Å². The average molecular weight is 392 g/mol. The van der Waals surface area contributed by atoms with Crippen LogP contribution in [-0.4, -0.2) is 60.9 Å². The Morgan fingerprint density at radius 3 is 2.44 bits per heavy atom. The highest BCUT2D eigenvalue weighted by atomic mass is 32.2. The number of fused-ring (bicyclic) bond motifs is 1. The molecule has 1 aromatic carbocycles. The van der Waals surface area contributed by atoms with Gasteiger partial charge in [0.15, 0.2) is 15.5 Å². The fourth-order valence-electron chi connectivity index (χ4n) is 3.75. The molecule has 0 N–H and O–H groups in total. The van der Waals surface area contributed by atoms with Crippen LogP contribution in [-0.2, 0) is 29.1 Å². The number of hydrogen-bond acceptors (Lipinski definition) is 5. The van der Waals surface area contributed by atoms with Crippen LogP contribution in [0.4, 0.5) is 10.1 Å². The lowest BCUT2D eigenvalue weighted by molar-refractivity contribution is 0.0739. The van der Waals surface area contributed by atoms with Gasteiger partial charge in [-0.05, 0) is 24.3 Å². The molecule has 0 saturated carbocycles. The van der Waals surface area contributed by atoms with Crippen LogP contribution in [0.2, 0.25) is 0 Å². The molecule has 27 heavy (non-hydrogen) atoms. The number of rotatable bonds is 2. The summed E-state index contributed by atoms with van der Waals surface area (Å²) in [6, 6.07) is 6.31. The van der Waals surface area contributed by atoms with E-state index in [1.54, 1.807) is 28.8 Å². The quantitative estimate of drug-likeness (QED) is 0.762. The lowest BCUT2D eigenvalue weighted by Gasteiger charge is -2.36. The molecule has 0 unspecified atom stereocenters. The summed E-state index contributed by atoms with van der Waals surface area (Å²) < 4.78 is 38.7. The van der Waals surface area contributed by atoms with E-state index in [-0.39, 0.29) is 28.9 Å².